The molecule has 0 fully saturated rings. The molecule has 2 rings (SSSR count). The number of hydrogen-bond donors (Lipinski definition) is 1. The molecule has 1 aromatic heterocycles. The first-order valence-electron chi connectivity index (χ1n) is 5.31. The van der Waals surface area contributed by atoms with Gasteiger partial charge in [-0.1, -0.05) is 39.8 Å². The van der Waals surface area contributed by atoms with E-state index in [1.165, 1.54) is 10.5 Å². The SMILES string of the molecule is CNCc1cccnc1Sc1cccc(Br)c1. The van der Waals surface area contributed by atoms with E-state index in [4.69, 9.17) is 0 Å². The van der Waals surface area contributed by atoms with Gasteiger partial charge in [0.2, 0.25) is 0 Å². The van der Waals surface area contributed by atoms with Crippen LogP contribution in [0.3, 0.4) is 0 Å². The molecule has 1 heterocycles. The lowest BCUT2D eigenvalue weighted by atomic mass is 10.3. The summed E-state index contributed by atoms with van der Waals surface area (Å²) in [4.78, 5) is 5.62. The Labute approximate surface area is 114 Å². The predicted octanol–water partition coefficient (Wildman–Crippen LogP) is 3.71. The van der Waals surface area contributed by atoms with Crippen molar-refractivity contribution in [2.45, 2.75) is 16.5 Å². The smallest absolute Gasteiger partial charge is 0.105 e. The summed E-state index contributed by atoms with van der Waals surface area (Å²) in [5, 5.41) is 4.21. The van der Waals surface area contributed by atoms with Crippen molar-refractivity contribution in [2.75, 3.05) is 7.05 Å². The van der Waals surface area contributed by atoms with E-state index < -0.39 is 0 Å². The molecule has 0 saturated heterocycles. The van der Waals surface area contributed by atoms with Gasteiger partial charge in [0, 0.05) is 22.1 Å². The van der Waals surface area contributed by atoms with E-state index in [0.717, 1.165) is 16.0 Å². The number of benzene rings is 1. The molecule has 0 atom stereocenters. The van der Waals surface area contributed by atoms with E-state index in [9.17, 15) is 0 Å². The van der Waals surface area contributed by atoms with Gasteiger partial charge in [-0.15, -0.1) is 0 Å². The van der Waals surface area contributed by atoms with Gasteiger partial charge in [-0.2, -0.15) is 0 Å². The normalized spacial score (nSPS) is 10.5. The molecule has 2 nitrogen and oxygen atoms in total. The van der Waals surface area contributed by atoms with Crippen LogP contribution in [0.4, 0.5) is 0 Å². The van der Waals surface area contributed by atoms with Gasteiger partial charge in [-0.25, -0.2) is 4.98 Å². The van der Waals surface area contributed by atoms with Gasteiger partial charge >= 0.3 is 0 Å². The molecule has 0 aliphatic carbocycles. The quantitative estimate of drug-likeness (QED) is 0.932. The standard InChI is InChI=1S/C13H13BrN2S/c1-15-9-10-4-3-7-16-13(10)17-12-6-2-5-11(14)8-12/h2-8,15H,9H2,1H3. The summed E-state index contributed by atoms with van der Waals surface area (Å²) in [5.41, 5.74) is 1.22. The fraction of sp³-hybridized carbons (Fsp3) is 0.154. The van der Waals surface area contributed by atoms with Crippen LogP contribution in [0.25, 0.3) is 0 Å². The molecular weight excluding hydrogens is 296 g/mol. The maximum atomic E-state index is 4.43. The van der Waals surface area contributed by atoms with E-state index in [-0.39, 0.29) is 0 Å². The van der Waals surface area contributed by atoms with Gasteiger partial charge in [0.25, 0.3) is 0 Å². The third-order valence-corrected chi connectivity index (χ3v) is 3.77. The molecule has 88 valence electrons. The van der Waals surface area contributed by atoms with Crippen molar-refractivity contribution in [3.8, 4) is 0 Å². The highest BCUT2D eigenvalue weighted by atomic mass is 79.9. The monoisotopic (exact) mass is 308 g/mol. The summed E-state index contributed by atoms with van der Waals surface area (Å²) in [6.45, 7) is 0.837. The third kappa shape index (κ3) is 3.56. The number of aromatic nitrogens is 1. The molecule has 0 spiro atoms. The molecule has 4 heteroatoms. The van der Waals surface area contributed by atoms with Crippen molar-refractivity contribution in [1.29, 1.82) is 0 Å². The molecule has 0 bridgehead atoms. The first kappa shape index (κ1) is 12.6. The van der Waals surface area contributed by atoms with E-state index >= 15 is 0 Å². The number of rotatable bonds is 4. The fourth-order valence-corrected chi connectivity index (χ4v) is 2.97. The molecule has 0 aliphatic heterocycles. The highest BCUT2D eigenvalue weighted by molar-refractivity contribution is 9.10. The van der Waals surface area contributed by atoms with Crippen LogP contribution in [-0.4, -0.2) is 12.0 Å². The van der Waals surface area contributed by atoms with Gasteiger partial charge in [0.15, 0.2) is 0 Å². The van der Waals surface area contributed by atoms with Gasteiger partial charge in [-0.05, 0) is 36.9 Å². The summed E-state index contributed by atoms with van der Waals surface area (Å²) in [5.74, 6) is 0. The van der Waals surface area contributed by atoms with Gasteiger partial charge in [0.05, 0.1) is 0 Å². The topological polar surface area (TPSA) is 24.9 Å². The van der Waals surface area contributed by atoms with Crippen LogP contribution in [0.1, 0.15) is 5.56 Å². The van der Waals surface area contributed by atoms with Crippen LogP contribution in [-0.2, 0) is 6.54 Å². The van der Waals surface area contributed by atoms with Gasteiger partial charge < -0.3 is 5.32 Å². The minimum atomic E-state index is 0.837. The minimum Gasteiger partial charge on any atom is -0.316 e. The van der Waals surface area contributed by atoms with E-state index in [1.807, 2.05) is 31.4 Å². The highest BCUT2D eigenvalue weighted by Gasteiger charge is 2.04. The summed E-state index contributed by atoms with van der Waals surface area (Å²) in [6, 6.07) is 12.3. The summed E-state index contributed by atoms with van der Waals surface area (Å²) in [6.07, 6.45) is 1.83. The predicted molar refractivity (Wildman–Crippen MR) is 75.3 cm³/mol. The second-order valence-corrected chi connectivity index (χ2v) is 5.54. The van der Waals surface area contributed by atoms with Crippen molar-refractivity contribution in [1.82, 2.24) is 10.3 Å². The van der Waals surface area contributed by atoms with Crippen LogP contribution in [0.15, 0.2) is 57.0 Å². The minimum absolute atomic E-state index is 0.837. The fourth-order valence-electron chi connectivity index (χ4n) is 1.48. The zero-order valence-electron chi connectivity index (χ0n) is 9.48. The number of hydrogen-bond acceptors (Lipinski definition) is 3. The molecule has 0 aliphatic rings. The molecule has 0 radical (unpaired) electrons. The molecule has 17 heavy (non-hydrogen) atoms. The molecule has 0 unspecified atom stereocenters. The van der Waals surface area contributed by atoms with E-state index in [2.05, 4.69) is 44.4 Å². The molecule has 1 aromatic carbocycles. The Balaban J connectivity index is 2.23. The van der Waals surface area contributed by atoms with Crippen molar-refractivity contribution in [3.05, 3.63) is 52.6 Å². The van der Waals surface area contributed by atoms with Gasteiger partial charge in [-0.3, -0.25) is 0 Å². The maximum Gasteiger partial charge on any atom is 0.105 e. The van der Waals surface area contributed by atoms with Crippen LogP contribution in [0, 0.1) is 0 Å². The second kappa shape index (κ2) is 6.19. The Morgan fingerprint density at radius 2 is 2.18 bits per heavy atom. The Kier molecular flexibility index (Phi) is 4.59. The van der Waals surface area contributed by atoms with Crippen molar-refractivity contribution >= 4 is 27.7 Å². The first-order valence-corrected chi connectivity index (χ1v) is 6.92. The average molecular weight is 309 g/mol. The first-order chi connectivity index (χ1) is 8.29. The van der Waals surface area contributed by atoms with Gasteiger partial charge in [0.1, 0.15) is 5.03 Å². The number of nitrogens with one attached hydrogen (secondary N) is 1. The molecule has 0 amide bonds. The largest absolute Gasteiger partial charge is 0.316 e. The van der Waals surface area contributed by atoms with E-state index in [1.54, 1.807) is 11.8 Å². The van der Waals surface area contributed by atoms with E-state index in [0.29, 0.717) is 0 Å². The molecule has 0 saturated carbocycles. The number of nitrogens with zero attached hydrogens (tertiary/aromatic N) is 1. The zero-order chi connectivity index (χ0) is 12.1. The molecule has 2 aromatic rings. The Morgan fingerprint density at radius 3 is 2.94 bits per heavy atom. The Hall–Kier alpha value is -0.840. The van der Waals surface area contributed by atoms with Crippen molar-refractivity contribution < 1.29 is 0 Å². The lowest BCUT2D eigenvalue weighted by molar-refractivity contribution is 0.790. The number of halogens is 1. The summed E-state index contributed by atoms with van der Waals surface area (Å²) in [7, 11) is 1.94. The average Bonchev–Trinajstić information content (AvgIpc) is 2.32. The molecule has 1 N–H and O–H groups in total. The lowest BCUT2D eigenvalue weighted by Crippen LogP contribution is -2.06. The third-order valence-electron chi connectivity index (χ3n) is 2.23. The Bertz CT molecular complexity index is 502. The van der Waals surface area contributed by atoms with Crippen molar-refractivity contribution in [3.63, 3.8) is 0 Å². The zero-order valence-corrected chi connectivity index (χ0v) is 11.9. The summed E-state index contributed by atoms with van der Waals surface area (Å²) < 4.78 is 1.09. The van der Waals surface area contributed by atoms with Crippen LogP contribution < -0.4 is 5.32 Å². The number of pyridine rings is 1. The van der Waals surface area contributed by atoms with Crippen molar-refractivity contribution in [2.24, 2.45) is 0 Å². The maximum absolute atomic E-state index is 4.43. The summed E-state index contributed by atoms with van der Waals surface area (Å²) >= 11 is 5.17. The molecular formula is C13H13BrN2S. The highest BCUT2D eigenvalue weighted by Crippen LogP contribution is 2.30. The van der Waals surface area contributed by atoms with Crippen LogP contribution in [0.5, 0.6) is 0 Å². The second-order valence-electron chi connectivity index (χ2n) is 3.56. The van der Waals surface area contributed by atoms with Crippen LogP contribution in [0.2, 0.25) is 0 Å². The Morgan fingerprint density at radius 1 is 1.29 bits per heavy atom. The lowest BCUT2D eigenvalue weighted by Gasteiger charge is -2.07. The van der Waals surface area contributed by atoms with Crippen LogP contribution >= 0.6 is 27.7 Å².